The van der Waals surface area contributed by atoms with Crippen molar-refractivity contribution >= 4 is 23.2 Å². The number of allylic oxidation sites excluding steroid dienone is 2. The van der Waals surface area contributed by atoms with Crippen LogP contribution in [-0.4, -0.2) is 47.1 Å². The maximum atomic E-state index is 13.5. The fourth-order valence-electron chi connectivity index (χ4n) is 5.44. The molecule has 2 atom stereocenters. The predicted molar refractivity (Wildman–Crippen MR) is 159 cm³/mol. The molecule has 0 spiro atoms. The van der Waals surface area contributed by atoms with Gasteiger partial charge in [-0.3, -0.25) is 14.7 Å². The van der Waals surface area contributed by atoms with Crippen molar-refractivity contribution in [3.63, 3.8) is 0 Å². The average molecular weight is 534 g/mol. The number of likely N-dealkylation sites (tertiary alicyclic amines) is 1. The molecule has 210 valence electrons. The molecule has 1 aliphatic heterocycles. The highest BCUT2D eigenvalue weighted by atomic mass is 35.5. The van der Waals surface area contributed by atoms with Crippen LogP contribution in [0.1, 0.15) is 106 Å². The number of carbonyl (C=O) groups is 1. The lowest BCUT2D eigenvalue weighted by atomic mass is 9.83. The Hall–Kier alpha value is -1.69. The maximum absolute atomic E-state index is 13.5. The zero-order chi connectivity index (χ0) is 27.8. The number of nitrogens with one attached hydrogen (secondary N) is 1. The van der Waals surface area contributed by atoms with Gasteiger partial charge in [-0.25, -0.2) is 0 Å². The number of amides is 1. The number of carbonyl (C=O) groups excluding carboxylic acids is 1. The fraction of sp³-hybridized carbons (Fsp3) is 0.677. The van der Waals surface area contributed by atoms with Crippen molar-refractivity contribution in [1.82, 2.24) is 9.88 Å². The van der Waals surface area contributed by atoms with Crippen molar-refractivity contribution in [3.05, 3.63) is 46.3 Å². The fourth-order valence-corrected chi connectivity index (χ4v) is 5.71. The second-order valence-corrected chi connectivity index (χ2v) is 10.7. The molecule has 6 heteroatoms. The molecular weight excluding hydrogens is 482 g/mol. The zero-order valence-corrected chi connectivity index (χ0v) is 25.3. The summed E-state index contributed by atoms with van der Waals surface area (Å²) in [6.07, 6.45) is 15.3. The lowest BCUT2D eigenvalue weighted by molar-refractivity contribution is -0.113. The minimum atomic E-state index is -0.0343. The normalized spacial score (nSPS) is 21.7. The van der Waals surface area contributed by atoms with Gasteiger partial charge in [0.1, 0.15) is 0 Å². The number of hydrogen-bond donors (Lipinski definition) is 2. The minimum Gasteiger partial charge on any atom is -0.400 e. The molecule has 0 bridgehead atoms. The number of aliphatic hydroxyl groups excluding tert-OH is 1. The molecule has 1 aromatic heterocycles. The maximum Gasteiger partial charge on any atom is 0.253 e. The Morgan fingerprint density at radius 3 is 2.41 bits per heavy atom. The number of aliphatic hydroxyl groups is 1. The van der Waals surface area contributed by atoms with Crippen LogP contribution in [0.4, 0.5) is 5.69 Å². The van der Waals surface area contributed by atoms with Gasteiger partial charge in [0.15, 0.2) is 0 Å². The largest absolute Gasteiger partial charge is 0.400 e. The molecule has 2 heterocycles. The van der Waals surface area contributed by atoms with Gasteiger partial charge in [0.05, 0.1) is 0 Å². The van der Waals surface area contributed by atoms with Gasteiger partial charge in [-0.05, 0) is 74.3 Å². The molecule has 3 rings (SSSR count). The van der Waals surface area contributed by atoms with Crippen molar-refractivity contribution in [2.24, 2.45) is 5.41 Å². The highest BCUT2D eigenvalue weighted by Gasteiger charge is 2.41. The Labute approximate surface area is 231 Å². The van der Waals surface area contributed by atoms with Gasteiger partial charge in [-0.2, -0.15) is 0 Å². The first kappa shape index (κ1) is 33.3. The van der Waals surface area contributed by atoms with Gasteiger partial charge in [-0.15, -0.1) is 0 Å². The van der Waals surface area contributed by atoms with E-state index in [-0.39, 0.29) is 11.9 Å². The Balaban J connectivity index is 0.00000163. The van der Waals surface area contributed by atoms with E-state index in [1.807, 2.05) is 32.9 Å². The number of pyridine rings is 1. The molecule has 1 saturated heterocycles. The number of halogens is 1. The highest BCUT2D eigenvalue weighted by Crippen LogP contribution is 2.43. The molecule has 0 saturated carbocycles. The first-order valence-corrected chi connectivity index (χ1v) is 14.7. The predicted octanol–water partition coefficient (Wildman–Crippen LogP) is 8.11. The van der Waals surface area contributed by atoms with E-state index in [0.29, 0.717) is 5.41 Å². The van der Waals surface area contributed by atoms with Crippen molar-refractivity contribution in [2.45, 2.75) is 112 Å². The zero-order valence-electron chi connectivity index (χ0n) is 24.5. The topological polar surface area (TPSA) is 65.5 Å². The molecular formula is C31H52ClN3O2. The average Bonchev–Trinajstić information content (AvgIpc) is 3.32. The van der Waals surface area contributed by atoms with Crippen LogP contribution in [0, 0.1) is 5.41 Å². The van der Waals surface area contributed by atoms with E-state index in [4.69, 9.17) is 16.7 Å². The number of hydrogen-bond acceptors (Lipinski definition) is 4. The van der Waals surface area contributed by atoms with E-state index in [9.17, 15) is 4.79 Å². The van der Waals surface area contributed by atoms with E-state index in [1.165, 1.54) is 44.1 Å². The monoisotopic (exact) mass is 533 g/mol. The van der Waals surface area contributed by atoms with Gasteiger partial charge in [0.2, 0.25) is 0 Å². The quantitative estimate of drug-likeness (QED) is 0.282. The van der Waals surface area contributed by atoms with E-state index in [2.05, 4.69) is 36.0 Å². The van der Waals surface area contributed by atoms with Crippen molar-refractivity contribution in [2.75, 3.05) is 25.5 Å². The second kappa shape index (κ2) is 17.8. The third kappa shape index (κ3) is 9.85. The lowest BCUT2D eigenvalue weighted by Crippen LogP contribution is -2.42. The molecule has 37 heavy (non-hydrogen) atoms. The van der Waals surface area contributed by atoms with Crippen LogP contribution in [0.25, 0.3) is 0 Å². The summed E-state index contributed by atoms with van der Waals surface area (Å²) in [4.78, 5) is 20.1. The Bertz CT molecular complexity index is 868. The first-order chi connectivity index (χ1) is 17.9. The molecule has 2 N–H and O–H groups in total. The number of aromatic nitrogens is 1. The number of nitrogens with zero attached hydrogens (tertiary/aromatic N) is 2. The summed E-state index contributed by atoms with van der Waals surface area (Å²) in [5.41, 5.74) is 4.21. The Morgan fingerprint density at radius 2 is 1.78 bits per heavy atom. The van der Waals surface area contributed by atoms with Crippen LogP contribution in [0.15, 0.2) is 46.3 Å². The standard InChI is InChI=1S/C28H42ClN3O.C2H6.CH4O/c1-5-7-9-10-14-28(4)15-18-32(20-28)24-19-22(11-8-6-2)26(29)21(3)25(24)27(33)31-23-12-16-30-17-13-23;2*1-2/h12-13,16-17,24H,5-11,14-15,18-20H2,1-4H3,(H,30,31,33);1-2H3;2H,1H3. The SMILES string of the molecule is CC.CCCCCCC1(C)CCN(C2CC(CCCC)=C(Cl)C(C)=C2C(=O)Nc2ccncc2)C1.CO. The highest BCUT2D eigenvalue weighted by molar-refractivity contribution is 6.33. The Morgan fingerprint density at radius 1 is 1.14 bits per heavy atom. The van der Waals surface area contributed by atoms with Gasteiger partial charge in [0.25, 0.3) is 5.91 Å². The molecule has 1 aliphatic carbocycles. The minimum absolute atomic E-state index is 0.0343. The molecule has 1 amide bonds. The number of rotatable bonds is 11. The molecule has 1 aromatic rings. The van der Waals surface area contributed by atoms with Gasteiger partial charge < -0.3 is 10.4 Å². The van der Waals surface area contributed by atoms with Crippen LogP contribution in [0.3, 0.4) is 0 Å². The van der Waals surface area contributed by atoms with Crippen LogP contribution < -0.4 is 5.32 Å². The van der Waals surface area contributed by atoms with Gasteiger partial charge >= 0.3 is 0 Å². The lowest BCUT2D eigenvalue weighted by Gasteiger charge is -2.36. The van der Waals surface area contributed by atoms with Crippen LogP contribution >= 0.6 is 11.6 Å². The molecule has 5 nitrogen and oxygen atoms in total. The van der Waals surface area contributed by atoms with Crippen LogP contribution in [0.5, 0.6) is 0 Å². The smallest absolute Gasteiger partial charge is 0.253 e. The number of unbranched alkanes of at least 4 members (excludes halogenated alkanes) is 4. The summed E-state index contributed by atoms with van der Waals surface area (Å²) in [5, 5.41) is 10.9. The summed E-state index contributed by atoms with van der Waals surface area (Å²) in [5.74, 6) is -0.0343. The summed E-state index contributed by atoms with van der Waals surface area (Å²) >= 11 is 6.85. The van der Waals surface area contributed by atoms with E-state index >= 15 is 0 Å². The number of anilines is 1. The molecule has 0 aromatic carbocycles. The molecule has 2 aliphatic rings. The van der Waals surface area contributed by atoms with Gasteiger partial charge in [0, 0.05) is 48.4 Å². The molecule has 0 radical (unpaired) electrons. The van der Waals surface area contributed by atoms with E-state index < -0.39 is 0 Å². The van der Waals surface area contributed by atoms with E-state index in [1.54, 1.807) is 12.4 Å². The summed E-state index contributed by atoms with van der Waals surface area (Å²) in [7, 11) is 1.00. The van der Waals surface area contributed by atoms with Crippen molar-refractivity contribution in [1.29, 1.82) is 0 Å². The third-order valence-electron chi connectivity index (χ3n) is 7.49. The Kier molecular flexibility index (Phi) is 16.0. The summed E-state index contributed by atoms with van der Waals surface area (Å²) < 4.78 is 0. The van der Waals surface area contributed by atoms with E-state index in [0.717, 1.165) is 67.7 Å². The van der Waals surface area contributed by atoms with Crippen molar-refractivity contribution < 1.29 is 9.90 Å². The van der Waals surface area contributed by atoms with Gasteiger partial charge in [-0.1, -0.05) is 78.3 Å². The third-order valence-corrected chi connectivity index (χ3v) is 8.04. The molecule has 2 unspecified atom stereocenters. The van der Waals surface area contributed by atoms with Crippen molar-refractivity contribution in [3.8, 4) is 0 Å². The van der Waals surface area contributed by atoms with Crippen LogP contribution in [0.2, 0.25) is 0 Å². The summed E-state index contributed by atoms with van der Waals surface area (Å²) in [6, 6.07) is 3.76. The van der Waals surface area contributed by atoms with Crippen LogP contribution in [-0.2, 0) is 4.79 Å². The molecule has 1 fully saturated rings. The first-order valence-electron chi connectivity index (χ1n) is 14.4. The summed E-state index contributed by atoms with van der Waals surface area (Å²) in [6.45, 7) is 15.1. The second-order valence-electron chi connectivity index (χ2n) is 10.3.